The van der Waals surface area contributed by atoms with E-state index in [1.807, 2.05) is 57.3 Å². The molecule has 1 saturated heterocycles. The lowest BCUT2D eigenvalue weighted by molar-refractivity contribution is -0.0794. The summed E-state index contributed by atoms with van der Waals surface area (Å²) in [4.78, 5) is 17.3. The number of pyridine rings is 1. The van der Waals surface area contributed by atoms with Crippen LogP contribution in [0.25, 0.3) is 16.8 Å². The van der Waals surface area contributed by atoms with Gasteiger partial charge in [-0.25, -0.2) is 4.68 Å². The Balaban J connectivity index is 1.38. The highest BCUT2D eigenvalue weighted by Gasteiger charge is 2.23. The van der Waals surface area contributed by atoms with Crippen LogP contribution in [0.15, 0.2) is 73.3 Å². The van der Waals surface area contributed by atoms with E-state index in [-0.39, 0.29) is 12.0 Å². The van der Waals surface area contributed by atoms with Gasteiger partial charge in [0.25, 0.3) is 5.91 Å². The Morgan fingerprint density at radius 2 is 2.03 bits per heavy atom. The maximum atomic E-state index is 13.0. The summed E-state index contributed by atoms with van der Waals surface area (Å²) in [7, 11) is 0. The first kappa shape index (κ1) is 24.2. The Kier molecular flexibility index (Phi) is 6.47. The number of carbonyl (C=O) groups excluding carboxylic acids is 1. The molecule has 1 fully saturated rings. The number of aryl methyl sites for hydroxylation is 1. The number of nitrogens with zero attached hydrogens (tertiary/aromatic N) is 4. The maximum absolute atomic E-state index is 13.0. The summed E-state index contributed by atoms with van der Waals surface area (Å²) >= 11 is 0. The van der Waals surface area contributed by atoms with Crippen LogP contribution in [0.3, 0.4) is 0 Å². The first-order valence-electron chi connectivity index (χ1n) is 12.0. The van der Waals surface area contributed by atoms with Crippen molar-refractivity contribution in [3.05, 3.63) is 90.0 Å². The Bertz CT molecular complexity index is 1500. The monoisotopic (exact) mass is 493 g/mol. The number of hydrogen-bond acceptors (Lipinski definition) is 6. The van der Waals surface area contributed by atoms with Gasteiger partial charge in [0.2, 0.25) is 0 Å². The van der Waals surface area contributed by atoms with Crippen molar-refractivity contribution in [2.45, 2.75) is 32.3 Å². The van der Waals surface area contributed by atoms with E-state index < -0.39 is 5.41 Å². The molecule has 0 aliphatic carbocycles. The van der Waals surface area contributed by atoms with Crippen LogP contribution in [-0.4, -0.2) is 40.0 Å². The molecule has 0 atom stereocenters. The summed E-state index contributed by atoms with van der Waals surface area (Å²) < 4.78 is 13.0. The van der Waals surface area contributed by atoms with Gasteiger partial charge in [0, 0.05) is 41.0 Å². The lowest BCUT2D eigenvalue weighted by Crippen LogP contribution is -2.38. The Hall–Kier alpha value is -4.48. The zero-order valence-electron chi connectivity index (χ0n) is 20.9. The average molecular weight is 494 g/mol. The number of ether oxygens (including phenoxy) is 2. The smallest absolute Gasteiger partial charge is 0.255 e. The van der Waals surface area contributed by atoms with E-state index >= 15 is 0 Å². The minimum Gasteiger partial charge on any atom is -0.485 e. The fraction of sp³-hybridized carbons (Fsp3) is 0.241. The van der Waals surface area contributed by atoms with E-state index in [2.05, 4.69) is 21.5 Å². The number of nitrogens with one attached hydrogen (secondary N) is 1. The zero-order valence-corrected chi connectivity index (χ0v) is 20.9. The first-order valence-corrected chi connectivity index (χ1v) is 12.0. The molecule has 1 amide bonds. The fourth-order valence-corrected chi connectivity index (χ4v) is 4.01. The third-order valence-electron chi connectivity index (χ3n) is 6.42. The minimum absolute atomic E-state index is 0.0467. The van der Waals surface area contributed by atoms with Crippen LogP contribution in [0.4, 0.5) is 5.69 Å². The molecule has 1 N–H and O–H groups in total. The third-order valence-corrected chi connectivity index (χ3v) is 6.42. The van der Waals surface area contributed by atoms with Crippen molar-refractivity contribution in [3.8, 4) is 28.6 Å². The van der Waals surface area contributed by atoms with Gasteiger partial charge >= 0.3 is 0 Å². The van der Waals surface area contributed by atoms with Crippen LogP contribution in [0.1, 0.15) is 35.3 Å². The SMILES string of the molecule is Cc1ccc(NC(=O)c2cccc(C(C)(C)C#N)c2)cc1-n1cc(-c2cnccc2OC2COC2)cn1. The van der Waals surface area contributed by atoms with Crippen molar-refractivity contribution in [1.82, 2.24) is 14.8 Å². The third kappa shape index (κ3) is 5.08. The second-order valence-corrected chi connectivity index (χ2v) is 9.60. The van der Waals surface area contributed by atoms with Crippen molar-refractivity contribution in [1.29, 1.82) is 5.26 Å². The molecule has 0 saturated carbocycles. The molecule has 4 aromatic rings. The van der Waals surface area contributed by atoms with E-state index in [0.717, 1.165) is 33.7 Å². The number of anilines is 1. The van der Waals surface area contributed by atoms with E-state index in [9.17, 15) is 10.1 Å². The van der Waals surface area contributed by atoms with E-state index in [0.29, 0.717) is 24.5 Å². The number of nitriles is 1. The van der Waals surface area contributed by atoms with Crippen molar-refractivity contribution >= 4 is 11.6 Å². The summed E-state index contributed by atoms with van der Waals surface area (Å²) in [6.07, 6.45) is 7.21. The summed E-state index contributed by atoms with van der Waals surface area (Å²) in [5, 5.41) is 17.0. The van der Waals surface area contributed by atoms with Crippen LogP contribution in [-0.2, 0) is 10.2 Å². The van der Waals surface area contributed by atoms with Crippen LogP contribution >= 0.6 is 0 Å². The second-order valence-electron chi connectivity index (χ2n) is 9.60. The fourth-order valence-electron chi connectivity index (χ4n) is 4.01. The van der Waals surface area contributed by atoms with E-state index in [1.54, 1.807) is 41.5 Å². The molecule has 1 aliphatic heterocycles. The van der Waals surface area contributed by atoms with Gasteiger partial charge in [0.15, 0.2) is 0 Å². The molecule has 37 heavy (non-hydrogen) atoms. The Morgan fingerprint density at radius 1 is 1.19 bits per heavy atom. The number of rotatable bonds is 7. The summed E-state index contributed by atoms with van der Waals surface area (Å²) in [6, 6.07) is 17.0. The van der Waals surface area contributed by atoms with Gasteiger partial charge in [0.1, 0.15) is 11.9 Å². The number of amides is 1. The number of hydrogen-bond donors (Lipinski definition) is 1. The molecule has 3 heterocycles. The van der Waals surface area contributed by atoms with Crippen molar-refractivity contribution in [3.63, 3.8) is 0 Å². The highest BCUT2D eigenvalue weighted by molar-refractivity contribution is 6.04. The quantitative estimate of drug-likeness (QED) is 0.385. The van der Waals surface area contributed by atoms with Gasteiger partial charge in [0.05, 0.1) is 36.6 Å². The molecule has 5 rings (SSSR count). The van der Waals surface area contributed by atoms with Gasteiger partial charge < -0.3 is 14.8 Å². The van der Waals surface area contributed by atoms with E-state index in [4.69, 9.17) is 9.47 Å². The number of aromatic nitrogens is 3. The maximum Gasteiger partial charge on any atom is 0.255 e. The Morgan fingerprint density at radius 3 is 2.78 bits per heavy atom. The first-order chi connectivity index (χ1) is 17.8. The standard InChI is InChI=1S/C29H27N5O3/c1-19-7-8-23(33-28(35)20-5-4-6-22(11-20)29(2,3)18-30)12-26(19)34-15-21(13-32-34)25-14-31-10-9-27(25)37-24-16-36-17-24/h4-15,24H,16-17H2,1-3H3,(H,33,35). The van der Waals surface area contributed by atoms with E-state index in [1.165, 1.54) is 0 Å². The molecule has 0 unspecified atom stereocenters. The largest absolute Gasteiger partial charge is 0.485 e. The lowest BCUT2D eigenvalue weighted by atomic mass is 9.85. The minimum atomic E-state index is -0.685. The number of carbonyl (C=O) groups is 1. The molecule has 0 bridgehead atoms. The summed E-state index contributed by atoms with van der Waals surface area (Å²) in [5.74, 6) is 0.492. The normalized spacial score (nSPS) is 13.5. The predicted octanol–water partition coefficient (Wildman–Crippen LogP) is 5.07. The van der Waals surface area contributed by atoms with Crippen LogP contribution in [0.2, 0.25) is 0 Å². The lowest BCUT2D eigenvalue weighted by Gasteiger charge is -2.27. The van der Waals surface area contributed by atoms with Gasteiger partial charge in [-0.15, -0.1) is 0 Å². The second kappa shape index (κ2) is 9.88. The Labute approximate surface area is 215 Å². The van der Waals surface area contributed by atoms with Crippen LogP contribution < -0.4 is 10.1 Å². The highest BCUT2D eigenvalue weighted by Crippen LogP contribution is 2.31. The average Bonchev–Trinajstić information content (AvgIpc) is 3.37. The molecule has 0 spiro atoms. The molecule has 2 aromatic heterocycles. The van der Waals surface area contributed by atoms with Gasteiger partial charge in [-0.1, -0.05) is 18.2 Å². The van der Waals surface area contributed by atoms with Gasteiger partial charge in [-0.3, -0.25) is 9.78 Å². The van der Waals surface area contributed by atoms with Crippen molar-refractivity contribution in [2.24, 2.45) is 0 Å². The summed E-state index contributed by atoms with van der Waals surface area (Å²) in [6.45, 7) is 6.82. The van der Waals surface area contributed by atoms with Crippen LogP contribution in [0, 0.1) is 18.3 Å². The summed E-state index contributed by atoms with van der Waals surface area (Å²) in [5.41, 5.74) is 4.79. The molecule has 8 heteroatoms. The number of benzene rings is 2. The zero-order chi connectivity index (χ0) is 26.0. The molecular weight excluding hydrogens is 466 g/mol. The van der Waals surface area contributed by atoms with Crippen molar-refractivity contribution in [2.75, 3.05) is 18.5 Å². The molecule has 8 nitrogen and oxygen atoms in total. The molecule has 186 valence electrons. The van der Waals surface area contributed by atoms with Crippen LogP contribution in [0.5, 0.6) is 5.75 Å². The van der Waals surface area contributed by atoms with Gasteiger partial charge in [-0.05, 0) is 62.2 Å². The predicted molar refractivity (Wildman–Crippen MR) is 140 cm³/mol. The molecule has 2 aromatic carbocycles. The molecular formula is C29H27N5O3. The molecule has 0 radical (unpaired) electrons. The van der Waals surface area contributed by atoms with Crippen molar-refractivity contribution < 1.29 is 14.3 Å². The molecule has 1 aliphatic rings. The topological polar surface area (TPSA) is 102 Å². The van der Waals surface area contributed by atoms with Gasteiger partial charge in [-0.2, -0.15) is 10.4 Å². The highest BCUT2D eigenvalue weighted by atomic mass is 16.6.